The van der Waals surface area contributed by atoms with E-state index < -0.39 is 0 Å². The van der Waals surface area contributed by atoms with Crippen LogP contribution in [-0.2, 0) is 7.05 Å². The van der Waals surface area contributed by atoms with Crippen LogP contribution in [0.5, 0.6) is 0 Å². The van der Waals surface area contributed by atoms with Crippen molar-refractivity contribution in [2.24, 2.45) is 7.05 Å². The number of piperidine rings is 1. The van der Waals surface area contributed by atoms with Crippen molar-refractivity contribution >= 4 is 22.6 Å². The molecule has 0 radical (unpaired) electrons. The van der Waals surface area contributed by atoms with Gasteiger partial charge in [-0.05, 0) is 44.9 Å². The number of likely N-dealkylation sites (tertiary alicyclic amines) is 1. The molecule has 1 amide bonds. The summed E-state index contributed by atoms with van der Waals surface area (Å²) in [5, 5.41) is 6.95. The second-order valence-electron chi connectivity index (χ2n) is 9.04. The van der Waals surface area contributed by atoms with E-state index in [0.29, 0.717) is 22.8 Å². The molecule has 0 aromatic carbocycles. The molecule has 5 rings (SSSR count). The van der Waals surface area contributed by atoms with Gasteiger partial charge in [0, 0.05) is 45.7 Å². The Labute approximate surface area is 192 Å². The number of nitrogens with one attached hydrogen (secondary N) is 2. The molecule has 2 aliphatic rings. The zero-order valence-electron chi connectivity index (χ0n) is 19.3. The normalized spacial score (nSPS) is 20.0. The van der Waals surface area contributed by atoms with Gasteiger partial charge in [-0.1, -0.05) is 0 Å². The fraction of sp³-hybridized carbons (Fsp3) is 0.522. The highest BCUT2D eigenvalue weighted by atomic mass is 16.1. The predicted molar refractivity (Wildman–Crippen MR) is 126 cm³/mol. The van der Waals surface area contributed by atoms with Gasteiger partial charge in [0.05, 0.1) is 17.6 Å². The Hall–Kier alpha value is -3.27. The van der Waals surface area contributed by atoms with Crippen LogP contribution in [0.15, 0.2) is 23.1 Å². The molecule has 0 bridgehead atoms. The Morgan fingerprint density at radius 3 is 2.67 bits per heavy atom. The second kappa shape index (κ2) is 8.58. The third-order valence-corrected chi connectivity index (χ3v) is 7.04. The summed E-state index contributed by atoms with van der Waals surface area (Å²) in [7, 11) is 3.39. The number of amides is 1. The standard InChI is InChI=1S/C23H30N8O2/c1-14-19-20(29(3)28-14)23(33)27-21(26-19)15-6-9-31(13-15)16-7-10-30(11-8-16)17-4-5-18(25-12-17)22(32)24-2/h4-5,12,15-16H,6-11,13H2,1-3H3,(H,24,32)(H,26,27,33). The number of pyridine rings is 1. The van der Waals surface area contributed by atoms with E-state index in [-0.39, 0.29) is 17.4 Å². The van der Waals surface area contributed by atoms with Gasteiger partial charge in [0.2, 0.25) is 0 Å². The van der Waals surface area contributed by atoms with Crippen molar-refractivity contribution in [1.29, 1.82) is 0 Å². The molecule has 3 aromatic heterocycles. The van der Waals surface area contributed by atoms with Crippen molar-refractivity contribution in [3.05, 3.63) is 45.9 Å². The Morgan fingerprint density at radius 2 is 1.97 bits per heavy atom. The van der Waals surface area contributed by atoms with E-state index in [1.54, 1.807) is 31.0 Å². The van der Waals surface area contributed by atoms with E-state index in [9.17, 15) is 9.59 Å². The number of rotatable bonds is 4. The molecule has 0 aliphatic carbocycles. The van der Waals surface area contributed by atoms with Crippen LogP contribution in [0.3, 0.4) is 0 Å². The summed E-state index contributed by atoms with van der Waals surface area (Å²) >= 11 is 0. The van der Waals surface area contributed by atoms with Crippen LogP contribution in [0, 0.1) is 6.92 Å². The zero-order valence-corrected chi connectivity index (χ0v) is 19.3. The summed E-state index contributed by atoms with van der Waals surface area (Å²) in [5.74, 6) is 0.851. The van der Waals surface area contributed by atoms with Crippen molar-refractivity contribution in [2.45, 2.75) is 38.1 Å². The van der Waals surface area contributed by atoms with E-state index in [1.807, 2.05) is 13.0 Å². The highest BCUT2D eigenvalue weighted by Crippen LogP contribution is 2.30. The molecule has 0 saturated carbocycles. The third kappa shape index (κ3) is 3.99. The van der Waals surface area contributed by atoms with Gasteiger partial charge >= 0.3 is 0 Å². The van der Waals surface area contributed by atoms with Gasteiger partial charge in [-0.25, -0.2) is 9.97 Å². The van der Waals surface area contributed by atoms with Gasteiger partial charge in [0.15, 0.2) is 5.52 Å². The van der Waals surface area contributed by atoms with Crippen LogP contribution >= 0.6 is 0 Å². The highest BCUT2D eigenvalue weighted by Gasteiger charge is 2.33. The molecule has 174 valence electrons. The molecule has 3 aromatic rings. The number of fused-ring (bicyclic) bond motifs is 1. The summed E-state index contributed by atoms with van der Waals surface area (Å²) in [6.45, 7) is 5.76. The topological polar surface area (TPSA) is 112 Å². The first-order valence-corrected chi connectivity index (χ1v) is 11.5. The number of aromatic nitrogens is 5. The number of hydrogen-bond acceptors (Lipinski definition) is 7. The van der Waals surface area contributed by atoms with Crippen LogP contribution in [-0.4, -0.2) is 74.8 Å². The Kier molecular flexibility index (Phi) is 5.61. The zero-order chi connectivity index (χ0) is 23.1. The lowest BCUT2D eigenvalue weighted by Gasteiger charge is -2.37. The van der Waals surface area contributed by atoms with Gasteiger partial charge in [0.25, 0.3) is 11.5 Å². The number of hydrogen-bond donors (Lipinski definition) is 2. The van der Waals surface area contributed by atoms with E-state index in [4.69, 9.17) is 4.98 Å². The second-order valence-corrected chi connectivity index (χ2v) is 9.04. The van der Waals surface area contributed by atoms with E-state index in [2.05, 4.69) is 30.2 Å². The number of aromatic amines is 1. The maximum absolute atomic E-state index is 12.6. The quantitative estimate of drug-likeness (QED) is 0.614. The Bertz CT molecular complexity index is 1220. The molecule has 5 heterocycles. The minimum Gasteiger partial charge on any atom is -0.370 e. The predicted octanol–water partition coefficient (Wildman–Crippen LogP) is 1.18. The summed E-state index contributed by atoms with van der Waals surface area (Å²) in [4.78, 5) is 41.3. The minimum atomic E-state index is -0.169. The Morgan fingerprint density at radius 1 is 1.18 bits per heavy atom. The van der Waals surface area contributed by atoms with Gasteiger partial charge < -0.3 is 15.2 Å². The molecule has 2 fully saturated rings. The number of aryl methyl sites for hydroxylation is 2. The number of anilines is 1. The van der Waals surface area contributed by atoms with Crippen LogP contribution in [0.2, 0.25) is 0 Å². The van der Waals surface area contributed by atoms with Crippen LogP contribution in [0.1, 0.15) is 47.2 Å². The molecule has 1 unspecified atom stereocenters. The lowest BCUT2D eigenvalue weighted by Crippen LogP contribution is -2.44. The van der Waals surface area contributed by atoms with E-state index >= 15 is 0 Å². The summed E-state index contributed by atoms with van der Waals surface area (Å²) in [6, 6.07) is 4.28. The van der Waals surface area contributed by atoms with Crippen molar-refractivity contribution in [3.8, 4) is 0 Å². The molecular formula is C23H30N8O2. The molecule has 1 atom stereocenters. The molecule has 2 N–H and O–H groups in total. The number of nitrogens with zero attached hydrogens (tertiary/aromatic N) is 6. The van der Waals surface area contributed by atoms with Crippen LogP contribution in [0.25, 0.3) is 11.0 Å². The fourth-order valence-electron chi connectivity index (χ4n) is 5.22. The molecule has 33 heavy (non-hydrogen) atoms. The maximum atomic E-state index is 12.6. The summed E-state index contributed by atoms with van der Waals surface area (Å²) in [5.41, 5.74) is 3.42. The smallest absolute Gasteiger partial charge is 0.277 e. The first-order chi connectivity index (χ1) is 15.9. The van der Waals surface area contributed by atoms with Crippen molar-refractivity contribution in [3.63, 3.8) is 0 Å². The monoisotopic (exact) mass is 450 g/mol. The molecule has 10 nitrogen and oxygen atoms in total. The number of H-pyrrole nitrogens is 1. The highest BCUT2D eigenvalue weighted by molar-refractivity contribution is 5.92. The maximum Gasteiger partial charge on any atom is 0.277 e. The molecule has 2 aliphatic heterocycles. The van der Waals surface area contributed by atoms with Gasteiger partial charge in [-0.15, -0.1) is 0 Å². The van der Waals surface area contributed by atoms with E-state index in [0.717, 1.165) is 62.6 Å². The van der Waals surface area contributed by atoms with Crippen LogP contribution in [0.4, 0.5) is 5.69 Å². The summed E-state index contributed by atoms with van der Waals surface area (Å²) in [6.07, 6.45) is 4.94. The largest absolute Gasteiger partial charge is 0.370 e. The van der Waals surface area contributed by atoms with Gasteiger partial charge in [-0.3, -0.25) is 19.2 Å². The van der Waals surface area contributed by atoms with Crippen LogP contribution < -0.4 is 15.8 Å². The lowest BCUT2D eigenvalue weighted by atomic mass is 10.0. The van der Waals surface area contributed by atoms with E-state index in [1.165, 1.54) is 0 Å². The average molecular weight is 451 g/mol. The first kappa shape index (κ1) is 21.6. The minimum absolute atomic E-state index is 0.110. The van der Waals surface area contributed by atoms with Crippen molar-refractivity contribution in [1.82, 2.24) is 34.9 Å². The van der Waals surface area contributed by atoms with Gasteiger partial charge in [-0.2, -0.15) is 5.10 Å². The fourth-order valence-corrected chi connectivity index (χ4v) is 5.22. The molecular weight excluding hydrogens is 420 g/mol. The molecule has 2 saturated heterocycles. The third-order valence-electron chi connectivity index (χ3n) is 7.04. The van der Waals surface area contributed by atoms with Crippen molar-refractivity contribution < 1.29 is 4.79 Å². The first-order valence-electron chi connectivity index (χ1n) is 11.5. The lowest BCUT2D eigenvalue weighted by molar-refractivity contribution is 0.0958. The summed E-state index contributed by atoms with van der Waals surface area (Å²) < 4.78 is 1.61. The molecule has 0 spiro atoms. The average Bonchev–Trinajstić information content (AvgIpc) is 3.44. The molecule has 10 heteroatoms. The van der Waals surface area contributed by atoms with Gasteiger partial charge in [0.1, 0.15) is 17.0 Å². The van der Waals surface area contributed by atoms with Crippen molar-refractivity contribution in [2.75, 3.05) is 38.1 Å². The Balaban J connectivity index is 1.22. The SMILES string of the molecule is CNC(=O)c1ccc(N2CCC(N3CCC(c4nc5c(C)nn(C)c5c(=O)[nH]4)C3)CC2)cn1. The number of carbonyl (C=O) groups is 1. The number of carbonyl (C=O) groups excluding carboxylic acids is 1.